The molecule has 1 aliphatic carbocycles. The minimum absolute atomic E-state index is 0.0587. The van der Waals surface area contributed by atoms with Crippen molar-refractivity contribution in [1.29, 1.82) is 0 Å². The molecule has 1 rings (SSSR count). The molecule has 0 radical (unpaired) electrons. The predicted molar refractivity (Wildman–Crippen MR) is 61.2 cm³/mol. The van der Waals surface area contributed by atoms with Crippen LogP contribution >= 0.6 is 0 Å². The van der Waals surface area contributed by atoms with Gasteiger partial charge in [0.1, 0.15) is 0 Å². The van der Waals surface area contributed by atoms with Crippen molar-refractivity contribution in [3.8, 4) is 0 Å². The van der Waals surface area contributed by atoms with Crippen LogP contribution in [0.3, 0.4) is 0 Å². The molecule has 1 amide bonds. The monoisotopic (exact) mass is 249 g/mol. The summed E-state index contributed by atoms with van der Waals surface area (Å²) in [4.78, 5) is 11.7. The van der Waals surface area contributed by atoms with E-state index in [1.807, 2.05) is 0 Å². The zero-order valence-electron chi connectivity index (χ0n) is 9.45. The third-order valence-corrected chi connectivity index (χ3v) is 3.69. The maximum Gasteiger partial charge on any atom is 0.227 e. The number of carbonyl (C=O) groups is 1. The van der Waals surface area contributed by atoms with Crippen LogP contribution in [0.2, 0.25) is 0 Å². The molecule has 7 heteroatoms. The second-order valence-corrected chi connectivity index (χ2v) is 6.09. The fraction of sp³-hybridized carbons (Fsp3) is 0.889. The Morgan fingerprint density at radius 3 is 2.38 bits per heavy atom. The molecule has 4 N–H and O–H groups in total. The van der Waals surface area contributed by atoms with Gasteiger partial charge in [-0.1, -0.05) is 6.42 Å². The molecule has 0 bridgehead atoms. The normalized spacial score (nSPS) is 18.9. The van der Waals surface area contributed by atoms with Gasteiger partial charge in [-0.25, -0.2) is 13.1 Å². The molecular formula is C9H19N3O3S. The van der Waals surface area contributed by atoms with Gasteiger partial charge in [0.2, 0.25) is 15.9 Å². The van der Waals surface area contributed by atoms with Gasteiger partial charge in [-0.05, 0) is 12.8 Å². The smallest absolute Gasteiger partial charge is 0.227 e. The van der Waals surface area contributed by atoms with Gasteiger partial charge < -0.3 is 11.1 Å². The SMILES string of the molecule is CS(=O)(=O)NCCNC(=O)C1(CN)CCC1. The average Bonchev–Trinajstić information content (AvgIpc) is 2.10. The van der Waals surface area contributed by atoms with Crippen LogP contribution in [0, 0.1) is 5.41 Å². The van der Waals surface area contributed by atoms with E-state index >= 15 is 0 Å². The first kappa shape index (κ1) is 13.4. The molecule has 1 aliphatic rings. The molecule has 16 heavy (non-hydrogen) atoms. The molecular weight excluding hydrogens is 230 g/mol. The van der Waals surface area contributed by atoms with Crippen LogP contribution in [0.5, 0.6) is 0 Å². The number of amides is 1. The minimum atomic E-state index is -3.18. The summed E-state index contributed by atoms with van der Waals surface area (Å²) in [5.41, 5.74) is 5.17. The fourth-order valence-corrected chi connectivity index (χ4v) is 2.20. The third-order valence-electron chi connectivity index (χ3n) is 2.96. The molecule has 0 aromatic heterocycles. The Kier molecular flexibility index (Phi) is 4.28. The summed E-state index contributed by atoms with van der Waals surface area (Å²) in [6, 6.07) is 0. The minimum Gasteiger partial charge on any atom is -0.354 e. The molecule has 6 nitrogen and oxygen atoms in total. The van der Waals surface area contributed by atoms with E-state index < -0.39 is 15.4 Å². The van der Waals surface area contributed by atoms with Crippen molar-refractivity contribution >= 4 is 15.9 Å². The maximum absolute atomic E-state index is 11.7. The van der Waals surface area contributed by atoms with Gasteiger partial charge in [-0.15, -0.1) is 0 Å². The van der Waals surface area contributed by atoms with E-state index in [1.165, 1.54) is 0 Å². The predicted octanol–water partition coefficient (Wildman–Crippen LogP) is -1.22. The Morgan fingerprint density at radius 2 is 2.00 bits per heavy atom. The molecule has 0 spiro atoms. The Balaban J connectivity index is 2.25. The van der Waals surface area contributed by atoms with Gasteiger partial charge in [-0.2, -0.15) is 0 Å². The zero-order valence-corrected chi connectivity index (χ0v) is 10.3. The lowest BCUT2D eigenvalue weighted by molar-refractivity contribution is -0.135. The summed E-state index contributed by atoms with van der Waals surface area (Å²) < 4.78 is 23.8. The van der Waals surface area contributed by atoms with Crippen molar-refractivity contribution < 1.29 is 13.2 Å². The highest BCUT2D eigenvalue weighted by Crippen LogP contribution is 2.39. The highest BCUT2D eigenvalue weighted by Gasteiger charge is 2.42. The first-order chi connectivity index (χ1) is 7.40. The largest absolute Gasteiger partial charge is 0.354 e. The number of sulfonamides is 1. The van der Waals surface area contributed by atoms with Crippen LogP contribution in [-0.2, 0) is 14.8 Å². The Bertz CT molecular complexity index is 344. The number of carbonyl (C=O) groups excluding carboxylic acids is 1. The number of hydrogen-bond donors (Lipinski definition) is 3. The first-order valence-electron chi connectivity index (χ1n) is 5.33. The Labute approximate surface area is 96.0 Å². The molecule has 0 saturated heterocycles. The molecule has 0 unspecified atom stereocenters. The molecule has 94 valence electrons. The first-order valence-corrected chi connectivity index (χ1v) is 7.22. The third kappa shape index (κ3) is 3.43. The lowest BCUT2D eigenvalue weighted by Crippen LogP contribution is -2.51. The van der Waals surface area contributed by atoms with Crippen molar-refractivity contribution in [2.75, 3.05) is 25.9 Å². The average molecular weight is 249 g/mol. The van der Waals surface area contributed by atoms with Crippen LogP contribution < -0.4 is 15.8 Å². The summed E-state index contributed by atoms with van der Waals surface area (Å²) in [6.07, 6.45) is 3.78. The van der Waals surface area contributed by atoms with Gasteiger partial charge in [0, 0.05) is 19.6 Å². The van der Waals surface area contributed by atoms with Gasteiger partial charge in [0.05, 0.1) is 11.7 Å². The highest BCUT2D eigenvalue weighted by atomic mass is 32.2. The van der Waals surface area contributed by atoms with Crippen molar-refractivity contribution in [3.63, 3.8) is 0 Å². The molecule has 0 aromatic carbocycles. The van der Waals surface area contributed by atoms with Crippen LogP contribution in [0.4, 0.5) is 0 Å². The van der Waals surface area contributed by atoms with Gasteiger partial charge in [-0.3, -0.25) is 4.79 Å². The van der Waals surface area contributed by atoms with Crippen LogP contribution in [-0.4, -0.2) is 40.2 Å². The Hall–Kier alpha value is -0.660. The number of nitrogens with two attached hydrogens (primary N) is 1. The standard InChI is InChI=1S/C9H19N3O3S/c1-16(14,15)12-6-5-11-8(13)9(7-10)3-2-4-9/h12H,2-7,10H2,1H3,(H,11,13). The molecule has 0 heterocycles. The van der Waals surface area contributed by atoms with Gasteiger partial charge in [0.15, 0.2) is 0 Å². The summed E-state index contributed by atoms with van der Waals surface area (Å²) in [5.74, 6) is -0.0587. The summed E-state index contributed by atoms with van der Waals surface area (Å²) in [5, 5.41) is 2.70. The maximum atomic E-state index is 11.7. The van der Waals surface area contributed by atoms with E-state index in [0.717, 1.165) is 25.5 Å². The van der Waals surface area contributed by atoms with E-state index in [4.69, 9.17) is 5.73 Å². The van der Waals surface area contributed by atoms with Crippen molar-refractivity contribution in [2.24, 2.45) is 11.1 Å². The van der Waals surface area contributed by atoms with Crippen molar-refractivity contribution in [1.82, 2.24) is 10.0 Å². The molecule has 0 atom stereocenters. The van der Waals surface area contributed by atoms with E-state index in [9.17, 15) is 13.2 Å². The zero-order chi connectivity index (χ0) is 12.2. The van der Waals surface area contributed by atoms with E-state index in [1.54, 1.807) is 0 Å². The lowest BCUT2D eigenvalue weighted by atomic mass is 9.68. The summed E-state index contributed by atoms with van der Waals surface area (Å²) in [7, 11) is -3.18. The second-order valence-electron chi connectivity index (χ2n) is 4.26. The summed E-state index contributed by atoms with van der Waals surface area (Å²) in [6.45, 7) is 0.872. The molecule has 1 fully saturated rings. The number of nitrogens with one attached hydrogen (secondary N) is 2. The topological polar surface area (TPSA) is 101 Å². The molecule has 1 saturated carbocycles. The van der Waals surface area contributed by atoms with Crippen molar-refractivity contribution in [2.45, 2.75) is 19.3 Å². The fourth-order valence-electron chi connectivity index (χ4n) is 1.73. The van der Waals surface area contributed by atoms with Crippen LogP contribution in [0.1, 0.15) is 19.3 Å². The van der Waals surface area contributed by atoms with Crippen LogP contribution in [0.25, 0.3) is 0 Å². The van der Waals surface area contributed by atoms with E-state index in [0.29, 0.717) is 13.1 Å². The Morgan fingerprint density at radius 1 is 1.38 bits per heavy atom. The second kappa shape index (κ2) is 5.11. The van der Waals surface area contributed by atoms with Gasteiger partial charge >= 0.3 is 0 Å². The lowest BCUT2D eigenvalue weighted by Gasteiger charge is -2.39. The van der Waals surface area contributed by atoms with Crippen LogP contribution in [0.15, 0.2) is 0 Å². The van der Waals surface area contributed by atoms with Gasteiger partial charge in [0.25, 0.3) is 0 Å². The molecule has 0 aliphatic heterocycles. The molecule has 0 aromatic rings. The van der Waals surface area contributed by atoms with Crippen molar-refractivity contribution in [3.05, 3.63) is 0 Å². The van der Waals surface area contributed by atoms with E-state index in [2.05, 4.69) is 10.0 Å². The number of rotatable bonds is 6. The quantitative estimate of drug-likeness (QED) is 0.514. The summed E-state index contributed by atoms with van der Waals surface area (Å²) >= 11 is 0. The highest BCUT2D eigenvalue weighted by molar-refractivity contribution is 7.88. The van der Waals surface area contributed by atoms with E-state index in [-0.39, 0.29) is 12.5 Å². The number of hydrogen-bond acceptors (Lipinski definition) is 4.